The van der Waals surface area contributed by atoms with Gasteiger partial charge in [0.1, 0.15) is 6.23 Å². The zero-order chi connectivity index (χ0) is 20.3. The van der Waals surface area contributed by atoms with Crippen molar-refractivity contribution in [2.45, 2.75) is 52.2 Å². The monoisotopic (exact) mass is 405 g/mol. The minimum atomic E-state index is -3.56. The Labute approximate surface area is 168 Å². The van der Waals surface area contributed by atoms with E-state index in [2.05, 4.69) is 16.9 Å². The van der Waals surface area contributed by atoms with Crippen molar-refractivity contribution in [2.75, 3.05) is 19.6 Å². The highest BCUT2D eigenvalue weighted by molar-refractivity contribution is 7.93. The van der Waals surface area contributed by atoms with Crippen LogP contribution in [0.25, 0.3) is 0 Å². The van der Waals surface area contributed by atoms with E-state index in [1.165, 1.54) is 4.31 Å². The molecule has 28 heavy (non-hydrogen) atoms. The second-order valence-corrected chi connectivity index (χ2v) is 9.50. The number of H-pyrrole nitrogens is 1. The van der Waals surface area contributed by atoms with Crippen LogP contribution in [0.2, 0.25) is 0 Å². The fraction of sp³-hybridized carbons (Fsp3) is 0.524. The average Bonchev–Trinajstić information content (AvgIpc) is 3.25. The molecule has 0 aliphatic carbocycles. The van der Waals surface area contributed by atoms with Crippen molar-refractivity contribution in [3.05, 3.63) is 57.8 Å². The van der Waals surface area contributed by atoms with Crippen LogP contribution in [0.3, 0.4) is 0 Å². The first kappa shape index (κ1) is 21.0. The van der Waals surface area contributed by atoms with Gasteiger partial charge in [-0.3, -0.25) is 5.32 Å². The van der Waals surface area contributed by atoms with Crippen molar-refractivity contribution < 1.29 is 13.5 Å². The summed E-state index contributed by atoms with van der Waals surface area (Å²) in [4.78, 5) is 3.61. The van der Waals surface area contributed by atoms with Crippen LogP contribution in [0.4, 0.5) is 0 Å². The van der Waals surface area contributed by atoms with Gasteiger partial charge in [-0.25, -0.2) is 8.42 Å². The maximum Gasteiger partial charge on any atom is 0.242 e. The molecule has 154 valence electrons. The molecule has 1 aromatic rings. The Balaban J connectivity index is 1.95. The molecular formula is C21H31N3O3S. The van der Waals surface area contributed by atoms with E-state index in [0.717, 1.165) is 41.8 Å². The minimum absolute atomic E-state index is 0.175. The number of hydrogen-bond acceptors (Lipinski definition) is 4. The quantitative estimate of drug-likeness (QED) is 0.634. The van der Waals surface area contributed by atoms with E-state index in [4.69, 9.17) is 0 Å². The summed E-state index contributed by atoms with van der Waals surface area (Å²) in [5.41, 5.74) is 4.99. The van der Waals surface area contributed by atoms with Crippen molar-refractivity contribution in [3.8, 4) is 0 Å². The Morgan fingerprint density at radius 3 is 2.75 bits per heavy atom. The molecule has 3 N–H and O–H groups in total. The number of aromatic amines is 1. The summed E-state index contributed by atoms with van der Waals surface area (Å²) in [6.07, 6.45) is 8.59. The van der Waals surface area contributed by atoms with E-state index in [9.17, 15) is 13.5 Å². The molecule has 1 atom stereocenters. The lowest BCUT2D eigenvalue weighted by Gasteiger charge is -2.20. The molecule has 0 bridgehead atoms. The first-order valence-corrected chi connectivity index (χ1v) is 11.4. The third-order valence-corrected chi connectivity index (χ3v) is 7.53. The lowest BCUT2D eigenvalue weighted by atomic mass is 9.97. The van der Waals surface area contributed by atoms with Gasteiger partial charge in [0.25, 0.3) is 0 Å². The number of hydrogen-bond donors (Lipinski definition) is 3. The second-order valence-electron chi connectivity index (χ2n) is 7.54. The summed E-state index contributed by atoms with van der Waals surface area (Å²) >= 11 is 0. The third kappa shape index (κ3) is 4.33. The number of aliphatic hydroxyl groups is 1. The van der Waals surface area contributed by atoms with Crippen LogP contribution in [0.1, 0.15) is 42.3 Å². The van der Waals surface area contributed by atoms with E-state index in [1.54, 1.807) is 0 Å². The van der Waals surface area contributed by atoms with Gasteiger partial charge in [-0.15, -0.1) is 0 Å². The molecule has 2 aliphatic heterocycles. The highest BCUT2D eigenvalue weighted by Gasteiger charge is 2.30. The minimum Gasteiger partial charge on any atom is -0.378 e. The van der Waals surface area contributed by atoms with Crippen molar-refractivity contribution >= 4 is 10.0 Å². The van der Waals surface area contributed by atoms with Gasteiger partial charge in [-0.05, 0) is 43.4 Å². The van der Waals surface area contributed by atoms with Crippen LogP contribution in [0.5, 0.6) is 0 Å². The van der Waals surface area contributed by atoms with Crippen LogP contribution in [0.15, 0.2) is 35.3 Å². The Kier molecular flexibility index (Phi) is 6.60. The molecule has 3 rings (SSSR count). The van der Waals surface area contributed by atoms with Crippen molar-refractivity contribution in [1.82, 2.24) is 14.6 Å². The van der Waals surface area contributed by atoms with Gasteiger partial charge in [-0.2, -0.15) is 4.31 Å². The molecule has 0 spiro atoms. The fourth-order valence-corrected chi connectivity index (χ4v) is 5.54. The van der Waals surface area contributed by atoms with Gasteiger partial charge in [0.15, 0.2) is 0 Å². The molecular weight excluding hydrogens is 374 g/mol. The Morgan fingerprint density at radius 1 is 1.36 bits per heavy atom. The maximum atomic E-state index is 13.1. The summed E-state index contributed by atoms with van der Waals surface area (Å²) in [6, 6.07) is 0. The number of aryl methyl sites for hydroxylation is 1. The van der Waals surface area contributed by atoms with Crippen molar-refractivity contribution in [1.29, 1.82) is 0 Å². The molecule has 7 heteroatoms. The predicted octanol–water partition coefficient (Wildman–Crippen LogP) is 2.31. The van der Waals surface area contributed by atoms with Gasteiger partial charge < -0.3 is 10.1 Å². The Morgan fingerprint density at radius 2 is 2.07 bits per heavy atom. The average molecular weight is 406 g/mol. The first-order valence-electron chi connectivity index (χ1n) is 9.96. The molecule has 0 radical (unpaired) electrons. The molecule has 6 nitrogen and oxygen atoms in total. The molecule has 1 aromatic heterocycles. The zero-order valence-electron chi connectivity index (χ0n) is 16.8. The smallest absolute Gasteiger partial charge is 0.242 e. The molecule has 2 aliphatic rings. The predicted molar refractivity (Wildman–Crippen MR) is 112 cm³/mol. The maximum absolute atomic E-state index is 13.1. The Hall–Kier alpha value is -1.67. The third-order valence-electron chi connectivity index (χ3n) is 5.60. The SMILES string of the molecule is C=C(/C(=C\C=C/C)Cc1c(C)[nH]c2c1CC(O)NCC2)S(=O)(=O)N1CCCC1. The van der Waals surface area contributed by atoms with Gasteiger partial charge >= 0.3 is 0 Å². The van der Waals surface area contributed by atoms with Gasteiger partial charge in [0.05, 0.1) is 4.91 Å². The van der Waals surface area contributed by atoms with Gasteiger partial charge in [0, 0.05) is 50.3 Å². The van der Waals surface area contributed by atoms with Crippen LogP contribution in [0, 0.1) is 6.92 Å². The topological polar surface area (TPSA) is 85.4 Å². The number of sulfonamides is 1. The van der Waals surface area contributed by atoms with Gasteiger partial charge in [-0.1, -0.05) is 24.8 Å². The summed E-state index contributed by atoms with van der Waals surface area (Å²) in [7, 11) is -3.56. The number of fused-ring (bicyclic) bond motifs is 1. The molecule has 1 fully saturated rings. The number of aliphatic hydroxyl groups excluding tert-OH is 1. The standard InChI is InChI=1S/C21H31N3O3S/c1-4-5-8-17(16(3)28(26,27)24-11-6-7-12-24)13-18-15(2)23-20-9-10-22-21(25)14-19(18)20/h4-5,8,21-23,25H,3,6-7,9-14H2,1-2H3/b5-4-,17-8-. The highest BCUT2D eigenvalue weighted by Crippen LogP contribution is 2.30. The first-order chi connectivity index (χ1) is 13.3. The molecule has 0 saturated carbocycles. The largest absolute Gasteiger partial charge is 0.378 e. The van der Waals surface area contributed by atoms with Crippen molar-refractivity contribution in [3.63, 3.8) is 0 Å². The number of rotatable bonds is 6. The van der Waals surface area contributed by atoms with E-state index < -0.39 is 16.3 Å². The summed E-state index contributed by atoms with van der Waals surface area (Å²) < 4.78 is 27.6. The van der Waals surface area contributed by atoms with Crippen LogP contribution < -0.4 is 5.32 Å². The normalized spacial score (nSPS) is 21.8. The lowest BCUT2D eigenvalue weighted by Crippen LogP contribution is -2.30. The molecule has 3 heterocycles. The molecule has 0 amide bonds. The van der Waals surface area contributed by atoms with Crippen molar-refractivity contribution in [2.24, 2.45) is 0 Å². The second kappa shape index (κ2) is 8.78. The fourth-order valence-electron chi connectivity index (χ4n) is 4.02. The summed E-state index contributed by atoms with van der Waals surface area (Å²) in [5, 5.41) is 13.2. The van der Waals surface area contributed by atoms with E-state index in [1.807, 2.05) is 32.1 Å². The number of nitrogens with one attached hydrogen (secondary N) is 2. The zero-order valence-corrected chi connectivity index (χ0v) is 17.6. The van der Waals surface area contributed by atoms with E-state index >= 15 is 0 Å². The van der Waals surface area contributed by atoms with E-state index in [-0.39, 0.29) is 4.91 Å². The van der Waals surface area contributed by atoms with Crippen LogP contribution >= 0.6 is 0 Å². The number of aromatic nitrogens is 1. The number of allylic oxidation sites excluding steroid dienone is 4. The highest BCUT2D eigenvalue weighted by atomic mass is 32.2. The number of nitrogens with zero attached hydrogens (tertiary/aromatic N) is 1. The molecule has 0 aromatic carbocycles. The molecule has 1 saturated heterocycles. The summed E-state index contributed by atoms with van der Waals surface area (Å²) in [6.45, 7) is 9.73. The van der Waals surface area contributed by atoms with Gasteiger partial charge in [0.2, 0.25) is 10.0 Å². The van der Waals surface area contributed by atoms with Crippen LogP contribution in [-0.2, 0) is 29.3 Å². The van der Waals surface area contributed by atoms with E-state index in [0.29, 0.717) is 38.0 Å². The van der Waals surface area contributed by atoms with Crippen LogP contribution in [-0.4, -0.2) is 48.7 Å². The Bertz CT molecular complexity index is 890. The summed E-state index contributed by atoms with van der Waals surface area (Å²) in [5.74, 6) is 0. The molecule has 1 unspecified atom stereocenters. The lowest BCUT2D eigenvalue weighted by molar-refractivity contribution is 0.141.